The fourth-order valence-corrected chi connectivity index (χ4v) is 3.07. The Hall–Kier alpha value is -0.530. The maximum Gasteiger partial charge on any atom is 0.305 e. The molecule has 0 aromatic heterocycles. The van der Waals surface area contributed by atoms with Gasteiger partial charge in [0.15, 0.2) is 0 Å². The molecule has 0 atom stereocenters. The highest BCUT2D eigenvalue weighted by atomic mass is 16.5. The van der Waals surface area contributed by atoms with E-state index in [-0.39, 0.29) is 5.97 Å². The summed E-state index contributed by atoms with van der Waals surface area (Å²) in [5, 5.41) is 0. The van der Waals surface area contributed by atoms with Crippen molar-refractivity contribution in [3.05, 3.63) is 0 Å². The van der Waals surface area contributed by atoms with Crippen LogP contribution in [0, 0.1) is 0 Å². The Balaban J connectivity index is 3.13. The second kappa shape index (κ2) is 20.5. The number of hydrogen-bond acceptors (Lipinski definition) is 2. The van der Waals surface area contributed by atoms with Crippen molar-refractivity contribution in [3.63, 3.8) is 0 Å². The Labute approximate surface area is 152 Å². The van der Waals surface area contributed by atoms with Crippen molar-refractivity contribution in [1.82, 2.24) is 0 Å². The molecule has 0 radical (unpaired) electrons. The highest BCUT2D eigenvalue weighted by molar-refractivity contribution is 5.69. The van der Waals surface area contributed by atoms with Crippen molar-refractivity contribution in [2.45, 2.75) is 129 Å². The third-order valence-corrected chi connectivity index (χ3v) is 4.75. The molecule has 144 valence electrons. The molecule has 0 amide bonds. The lowest BCUT2D eigenvalue weighted by atomic mass is 10.1. The van der Waals surface area contributed by atoms with E-state index in [0.717, 1.165) is 12.8 Å². The minimum Gasteiger partial charge on any atom is -0.466 e. The van der Waals surface area contributed by atoms with Crippen molar-refractivity contribution in [2.75, 3.05) is 6.61 Å². The smallest absolute Gasteiger partial charge is 0.305 e. The van der Waals surface area contributed by atoms with Gasteiger partial charge in [0.1, 0.15) is 0 Å². The minimum atomic E-state index is 0.0147. The first kappa shape index (κ1) is 23.5. The topological polar surface area (TPSA) is 26.3 Å². The number of carbonyl (C=O) groups is 1. The molecule has 0 aliphatic carbocycles. The van der Waals surface area contributed by atoms with Crippen LogP contribution in [-0.4, -0.2) is 12.6 Å². The lowest BCUT2D eigenvalue weighted by Crippen LogP contribution is -2.05. The molecule has 0 aromatic carbocycles. The van der Waals surface area contributed by atoms with E-state index >= 15 is 0 Å². The quantitative estimate of drug-likeness (QED) is 0.179. The average molecular weight is 341 g/mol. The van der Waals surface area contributed by atoms with E-state index in [1.807, 2.05) is 0 Å². The number of hydrogen-bond donors (Lipinski definition) is 0. The van der Waals surface area contributed by atoms with Gasteiger partial charge >= 0.3 is 5.97 Å². The van der Waals surface area contributed by atoms with Crippen molar-refractivity contribution >= 4 is 5.97 Å². The Kier molecular flexibility index (Phi) is 20.1. The van der Waals surface area contributed by atoms with Gasteiger partial charge < -0.3 is 4.74 Å². The molecule has 0 unspecified atom stereocenters. The molecule has 0 saturated heterocycles. The summed E-state index contributed by atoms with van der Waals surface area (Å²) in [6, 6.07) is 0. The first-order valence-corrected chi connectivity index (χ1v) is 11.0. The Morgan fingerprint density at radius 3 is 1.38 bits per heavy atom. The van der Waals surface area contributed by atoms with E-state index in [0.29, 0.717) is 13.0 Å². The molecule has 0 spiro atoms. The third-order valence-electron chi connectivity index (χ3n) is 4.75. The van der Waals surface area contributed by atoms with E-state index < -0.39 is 0 Å². The monoisotopic (exact) mass is 340 g/mol. The van der Waals surface area contributed by atoms with Crippen LogP contribution in [0.4, 0.5) is 0 Å². The summed E-state index contributed by atoms with van der Waals surface area (Å²) < 4.78 is 5.32. The predicted octanol–water partition coefficient (Wildman–Crippen LogP) is 7.59. The zero-order valence-corrected chi connectivity index (χ0v) is 16.8. The molecular formula is C22H44O2. The van der Waals surface area contributed by atoms with E-state index in [2.05, 4.69) is 13.8 Å². The molecule has 0 aliphatic heterocycles. The van der Waals surface area contributed by atoms with Gasteiger partial charge in [-0.3, -0.25) is 4.79 Å². The molecule has 0 fully saturated rings. The summed E-state index contributed by atoms with van der Waals surface area (Å²) in [6.07, 6.45) is 22.6. The predicted molar refractivity (Wildman–Crippen MR) is 105 cm³/mol. The van der Waals surface area contributed by atoms with E-state index in [4.69, 9.17) is 4.74 Å². The van der Waals surface area contributed by atoms with Crippen LogP contribution in [0.5, 0.6) is 0 Å². The number of esters is 1. The van der Waals surface area contributed by atoms with Crippen LogP contribution < -0.4 is 0 Å². The minimum absolute atomic E-state index is 0.0147. The summed E-state index contributed by atoms with van der Waals surface area (Å²) in [6.45, 7) is 5.14. The van der Waals surface area contributed by atoms with Gasteiger partial charge in [-0.05, 0) is 12.8 Å². The molecule has 2 nitrogen and oxygen atoms in total. The molecule has 0 aliphatic rings. The maximum atomic E-state index is 11.6. The highest BCUT2D eigenvalue weighted by Crippen LogP contribution is 2.11. The highest BCUT2D eigenvalue weighted by Gasteiger charge is 2.02. The van der Waals surface area contributed by atoms with Gasteiger partial charge in [-0.15, -0.1) is 0 Å². The van der Waals surface area contributed by atoms with Gasteiger partial charge in [-0.1, -0.05) is 110 Å². The summed E-state index contributed by atoms with van der Waals surface area (Å²) in [5.41, 5.74) is 0. The van der Waals surface area contributed by atoms with Crippen LogP contribution in [0.15, 0.2) is 0 Å². The number of unbranched alkanes of at least 4 members (excludes halogenated alkanes) is 15. The van der Waals surface area contributed by atoms with Gasteiger partial charge in [0.2, 0.25) is 0 Å². The first-order chi connectivity index (χ1) is 11.8. The van der Waals surface area contributed by atoms with Crippen LogP contribution in [0.1, 0.15) is 129 Å². The number of ether oxygens (including phenoxy) is 1. The summed E-state index contributed by atoms with van der Waals surface area (Å²) >= 11 is 0. The summed E-state index contributed by atoms with van der Waals surface area (Å²) in [5.74, 6) is 0.0147. The number of carbonyl (C=O) groups excluding carboxylic acids is 1. The second-order valence-corrected chi connectivity index (χ2v) is 7.27. The normalized spacial score (nSPS) is 10.9. The van der Waals surface area contributed by atoms with Crippen LogP contribution >= 0.6 is 0 Å². The maximum absolute atomic E-state index is 11.6. The van der Waals surface area contributed by atoms with Gasteiger partial charge in [-0.2, -0.15) is 0 Å². The van der Waals surface area contributed by atoms with Crippen LogP contribution in [0.25, 0.3) is 0 Å². The van der Waals surface area contributed by atoms with Crippen LogP contribution in [-0.2, 0) is 9.53 Å². The van der Waals surface area contributed by atoms with Gasteiger partial charge in [0.25, 0.3) is 0 Å². The van der Waals surface area contributed by atoms with E-state index in [9.17, 15) is 4.79 Å². The zero-order valence-electron chi connectivity index (χ0n) is 16.8. The molecule has 0 aromatic rings. The number of rotatable bonds is 19. The van der Waals surface area contributed by atoms with Crippen LogP contribution in [0.3, 0.4) is 0 Å². The Morgan fingerprint density at radius 1 is 0.542 bits per heavy atom. The third kappa shape index (κ3) is 19.5. The lowest BCUT2D eigenvalue weighted by molar-refractivity contribution is -0.143. The van der Waals surface area contributed by atoms with Gasteiger partial charge in [-0.25, -0.2) is 0 Å². The lowest BCUT2D eigenvalue weighted by Gasteiger charge is -2.05. The zero-order chi connectivity index (χ0) is 17.7. The molecule has 0 rings (SSSR count). The largest absolute Gasteiger partial charge is 0.466 e. The van der Waals surface area contributed by atoms with Crippen molar-refractivity contribution < 1.29 is 9.53 Å². The molecular weight excluding hydrogens is 296 g/mol. The Morgan fingerprint density at radius 2 is 0.917 bits per heavy atom. The fourth-order valence-electron chi connectivity index (χ4n) is 3.07. The van der Waals surface area contributed by atoms with Crippen molar-refractivity contribution in [3.8, 4) is 0 Å². The fraction of sp³-hybridized carbons (Fsp3) is 0.955. The summed E-state index contributed by atoms with van der Waals surface area (Å²) in [7, 11) is 0. The molecule has 0 saturated carbocycles. The average Bonchev–Trinajstić information content (AvgIpc) is 2.59. The Bertz CT molecular complexity index is 226. The van der Waals surface area contributed by atoms with E-state index in [1.165, 1.54) is 96.3 Å². The van der Waals surface area contributed by atoms with Gasteiger partial charge in [0.05, 0.1) is 6.61 Å². The molecule has 0 N–H and O–H groups in total. The first-order valence-electron chi connectivity index (χ1n) is 11.0. The molecule has 2 heteroatoms. The molecule has 24 heavy (non-hydrogen) atoms. The summed E-state index contributed by atoms with van der Waals surface area (Å²) in [4.78, 5) is 11.6. The van der Waals surface area contributed by atoms with Crippen LogP contribution in [0.2, 0.25) is 0 Å². The second-order valence-electron chi connectivity index (χ2n) is 7.27. The van der Waals surface area contributed by atoms with Gasteiger partial charge in [0, 0.05) is 6.42 Å². The SMILES string of the molecule is CCCCCCCCCCCC(=O)OCCCCCCCCCC. The molecule has 0 bridgehead atoms. The van der Waals surface area contributed by atoms with Crippen molar-refractivity contribution in [2.24, 2.45) is 0 Å². The molecule has 0 heterocycles. The standard InChI is InChI=1S/C22H44O2/c1-3-5-7-9-11-13-14-16-18-20-22(23)24-21-19-17-15-12-10-8-6-4-2/h3-21H2,1-2H3. The van der Waals surface area contributed by atoms with Crippen molar-refractivity contribution in [1.29, 1.82) is 0 Å². The van der Waals surface area contributed by atoms with E-state index in [1.54, 1.807) is 0 Å².